The number of aromatic amines is 1. The maximum atomic E-state index is 9.33. The average molecular weight is 291 g/mol. The average Bonchev–Trinajstić information content (AvgIpc) is 2.99. The zero-order valence-electron chi connectivity index (χ0n) is 11.8. The number of H-pyrrole nitrogens is 1. The Balaban J connectivity index is 0.000000491. The van der Waals surface area contributed by atoms with E-state index < -0.39 is 6.10 Å². The number of hydrogen-bond donors (Lipinski definition) is 3. The number of ether oxygens (including phenoxy) is 1. The molecule has 0 bridgehead atoms. The van der Waals surface area contributed by atoms with Crippen molar-refractivity contribution in [1.29, 1.82) is 0 Å². The van der Waals surface area contributed by atoms with Crippen LogP contribution in [0.25, 0.3) is 11.4 Å². The summed E-state index contributed by atoms with van der Waals surface area (Å²) in [7, 11) is 0. The Labute approximate surface area is 123 Å². The van der Waals surface area contributed by atoms with Gasteiger partial charge in [-0.3, -0.25) is 0 Å². The first-order valence-corrected chi connectivity index (χ1v) is 6.37. The topological polar surface area (TPSA) is 101 Å². The predicted molar refractivity (Wildman–Crippen MR) is 77.4 cm³/mol. The normalized spacial score (nSPS) is 11.2. The number of benzene rings is 1. The molecule has 114 valence electrons. The quantitative estimate of drug-likeness (QED) is 0.703. The predicted octanol–water partition coefficient (Wildman–Crippen LogP) is 0.689. The lowest BCUT2D eigenvalue weighted by Crippen LogP contribution is -2.21. The van der Waals surface area contributed by atoms with Gasteiger partial charge in [-0.25, -0.2) is 4.98 Å². The van der Waals surface area contributed by atoms with Gasteiger partial charge >= 0.3 is 0 Å². The summed E-state index contributed by atoms with van der Waals surface area (Å²) < 4.78 is 5.29. The molecule has 2 aromatic rings. The van der Waals surface area contributed by atoms with E-state index in [0.717, 1.165) is 11.4 Å². The zero-order valence-corrected chi connectivity index (χ0v) is 11.8. The smallest absolute Gasteiger partial charge is 0.137 e. The lowest BCUT2D eigenvalue weighted by atomic mass is 10.2. The Morgan fingerprint density at radius 2 is 2.05 bits per heavy atom. The second-order valence-corrected chi connectivity index (χ2v) is 4.31. The summed E-state index contributed by atoms with van der Waals surface area (Å²) in [6.07, 6.45) is 2.61. The third-order valence-corrected chi connectivity index (χ3v) is 2.28. The second kappa shape index (κ2) is 8.78. The molecular formula is C15H19N2O4-. The molecule has 0 aliphatic rings. The molecule has 21 heavy (non-hydrogen) atoms. The Morgan fingerprint density at radius 3 is 2.52 bits per heavy atom. The maximum Gasteiger partial charge on any atom is 0.137 e. The number of nitrogens with zero attached hydrogens (tertiary/aromatic N) is 1. The third kappa shape index (κ3) is 6.60. The van der Waals surface area contributed by atoms with E-state index in [9.17, 15) is 5.11 Å². The number of nitrogens with one attached hydrogen (secondary N) is 1. The molecule has 0 saturated carbocycles. The highest BCUT2D eigenvalue weighted by Crippen LogP contribution is 2.19. The highest BCUT2D eigenvalue weighted by Gasteiger charge is 2.04. The minimum Gasteiger partial charge on any atom is -0.876 e. The third-order valence-electron chi connectivity index (χ3n) is 2.28. The van der Waals surface area contributed by atoms with Gasteiger partial charge in [0.2, 0.25) is 0 Å². The van der Waals surface area contributed by atoms with Crippen molar-refractivity contribution in [2.45, 2.75) is 13.0 Å². The molecule has 0 aliphatic heterocycles. The lowest BCUT2D eigenvalue weighted by molar-refractivity contribution is -0.300. The van der Waals surface area contributed by atoms with Gasteiger partial charge in [-0.15, -0.1) is 12.3 Å². The molecule has 0 fully saturated rings. The van der Waals surface area contributed by atoms with Crippen LogP contribution in [0.5, 0.6) is 5.75 Å². The summed E-state index contributed by atoms with van der Waals surface area (Å²) in [4.78, 5) is 7.14. The van der Waals surface area contributed by atoms with E-state index >= 15 is 0 Å². The van der Waals surface area contributed by atoms with Gasteiger partial charge in [0.1, 0.15) is 24.3 Å². The molecule has 1 heterocycles. The van der Waals surface area contributed by atoms with Crippen LogP contribution in [-0.2, 0) is 0 Å². The van der Waals surface area contributed by atoms with Gasteiger partial charge in [0.25, 0.3) is 0 Å². The highest BCUT2D eigenvalue weighted by molar-refractivity contribution is 5.55. The first-order valence-electron chi connectivity index (χ1n) is 6.37. The van der Waals surface area contributed by atoms with Gasteiger partial charge < -0.3 is 25.0 Å². The molecule has 1 aromatic carbocycles. The molecule has 0 aliphatic carbocycles. The minimum atomic E-state index is -0.847. The first-order chi connectivity index (χ1) is 10.0. The number of aliphatic hydroxyl groups excluding tert-OH is 2. The van der Waals surface area contributed by atoms with Crippen molar-refractivity contribution in [2.75, 3.05) is 13.2 Å². The van der Waals surface area contributed by atoms with Crippen molar-refractivity contribution in [3.8, 4) is 17.1 Å². The fourth-order valence-electron chi connectivity index (χ4n) is 1.38. The summed E-state index contributed by atoms with van der Waals surface area (Å²) in [6.45, 7) is 4.20. The Hall–Kier alpha value is -2.31. The van der Waals surface area contributed by atoms with E-state index in [-0.39, 0.29) is 19.0 Å². The van der Waals surface area contributed by atoms with Crippen LogP contribution in [0.1, 0.15) is 6.92 Å². The fourth-order valence-corrected chi connectivity index (χ4v) is 1.38. The molecule has 0 radical (unpaired) electrons. The number of rotatable bonds is 5. The number of allylic oxidation sites excluding steroid dienone is 1. The van der Waals surface area contributed by atoms with E-state index in [1.165, 1.54) is 6.92 Å². The molecule has 1 aromatic heterocycles. The van der Waals surface area contributed by atoms with Gasteiger partial charge in [-0.05, 0) is 24.3 Å². The Bertz CT molecular complexity index is 519. The van der Waals surface area contributed by atoms with E-state index in [1.54, 1.807) is 24.5 Å². The largest absolute Gasteiger partial charge is 0.876 e. The molecule has 0 saturated heterocycles. The summed E-state index contributed by atoms with van der Waals surface area (Å²) in [5.41, 5.74) is 0.963. The summed E-state index contributed by atoms with van der Waals surface area (Å²) in [6, 6.07) is 7.34. The number of aromatic nitrogens is 2. The number of aliphatic hydroxyl groups is 2. The van der Waals surface area contributed by atoms with Crippen LogP contribution in [-0.4, -0.2) is 39.5 Å². The van der Waals surface area contributed by atoms with E-state index in [1.807, 2.05) is 12.1 Å². The van der Waals surface area contributed by atoms with Crippen molar-refractivity contribution >= 4 is 0 Å². The van der Waals surface area contributed by atoms with Crippen molar-refractivity contribution in [3.05, 3.63) is 49.0 Å². The van der Waals surface area contributed by atoms with E-state index in [2.05, 4.69) is 16.5 Å². The fraction of sp³-hybridized carbons (Fsp3) is 0.267. The molecule has 1 atom stereocenters. The van der Waals surface area contributed by atoms with Crippen LogP contribution in [0, 0.1) is 0 Å². The molecule has 0 spiro atoms. The van der Waals surface area contributed by atoms with Gasteiger partial charge in [0.05, 0.1) is 6.61 Å². The highest BCUT2D eigenvalue weighted by atomic mass is 16.5. The number of hydrogen-bond acceptors (Lipinski definition) is 5. The van der Waals surface area contributed by atoms with Crippen molar-refractivity contribution in [2.24, 2.45) is 0 Å². The monoisotopic (exact) mass is 291 g/mol. The molecule has 0 amide bonds. The van der Waals surface area contributed by atoms with Crippen LogP contribution in [0.3, 0.4) is 0 Å². The van der Waals surface area contributed by atoms with Gasteiger partial charge in [0, 0.05) is 18.0 Å². The molecular weight excluding hydrogens is 272 g/mol. The molecule has 2 rings (SSSR count). The summed E-state index contributed by atoms with van der Waals surface area (Å²) in [5, 5.41) is 27.1. The standard InChI is InChI=1S/C12H14N2O3.C3H6O/c15-7-10(16)8-17-11-3-1-9(2-4-11)12-13-5-6-14-12;1-3(2)4/h1-6,10,15-16H,7-8H2,(H,13,14);4H,1H2,2H3/p-1. The molecule has 6 heteroatoms. The Kier molecular flexibility index (Phi) is 7.00. The summed E-state index contributed by atoms with van der Waals surface area (Å²) >= 11 is 0. The first kappa shape index (κ1) is 16.7. The maximum absolute atomic E-state index is 9.33. The van der Waals surface area contributed by atoms with Crippen molar-refractivity contribution in [3.63, 3.8) is 0 Å². The van der Waals surface area contributed by atoms with Gasteiger partial charge in [-0.2, -0.15) is 0 Å². The van der Waals surface area contributed by atoms with Crippen molar-refractivity contribution < 1.29 is 20.1 Å². The molecule has 3 N–H and O–H groups in total. The van der Waals surface area contributed by atoms with Crippen LogP contribution in [0.4, 0.5) is 0 Å². The minimum absolute atomic E-state index is 0.0800. The Morgan fingerprint density at radius 1 is 1.43 bits per heavy atom. The number of imidazole rings is 1. The van der Waals surface area contributed by atoms with Crippen LogP contribution >= 0.6 is 0 Å². The second-order valence-electron chi connectivity index (χ2n) is 4.31. The molecule has 6 nitrogen and oxygen atoms in total. The van der Waals surface area contributed by atoms with Gasteiger partial charge in [0.15, 0.2) is 0 Å². The SMILES string of the molecule is C=C(C)[O-].OCC(O)COc1ccc(-c2ncc[nH]2)cc1. The van der Waals surface area contributed by atoms with Crippen LogP contribution < -0.4 is 9.84 Å². The lowest BCUT2D eigenvalue weighted by Gasteiger charge is -2.09. The van der Waals surface area contributed by atoms with E-state index in [0.29, 0.717) is 5.75 Å². The zero-order chi connectivity index (χ0) is 15.7. The van der Waals surface area contributed by atoms with Crippen LogP contribution in [0.15, 0.2) is 49.0 Å². The molecule has 1 unspecified atom stereocenters. The summed E-state index contributed by atoms with van der Waals surface area (Å²) in [5.74, 6) is 1.36. The van der Waals surface area contributed by atoms with Crippen LogP contribution in [0.2, 0.25) is 0 Å². The van der Waals surface area contributed by atoms with E-state index in [4.69, 9.17) is 14.9 Å². The van der Waals surface area contributed by atoms with Crippen molar-refractivity contribution in [1.82, 2.24) is 9.97 Å². The van der Waals surface area contributed by atoms with Gasteiger partial charge in [-0.1, -0.05) is 6.92 Å².